The summed E-state index contributed by atoms with van der Waals surface area (Å²) in [6, 6.07) is 0.708. The average molecular weight is 299 g/mol. The predicted molar refractivity (Wildman–Crippen MR) is 91.6 cm³/mol. The minimum atomic E-state index is 0.309. The standard InChI is InChI=1S/C17H34N2S/c1-6-16(4)12-19(15(11-18-16)14(2)3)13-17(20-5)9-7-8-10-17/h14-15,18H,6-13H2,1-5H3. The molecule has 0 aromatic carbocycles. The summed E-state index contributed by atoms with van der Waals surface area (Å²) in [6.45, 7) is 13.2. The Bertz CT molecular complexity index is 312. The monoisotopic (exact) mass is 298 g/mol. The van der Waals surface area contributed by atoms with Gasteiger partial charge in [-0.1, -0.05) is 33.6 Å². The molecule has 1 aliphatic heterocycles. The summed E-state index contributed by atoms with van der Waals surface area (Å²) in [5, 5.41) is 3.81. The number of rotatable bonds is 5. The van der Waals surface area contributed by atoms with Crippen LogP contribution in [-0.4, -0.2) is 47.1 Å². The van der Waals surface area contributed by atoms with Gasteiger partial charge < -0.3 is 5.32 Å². The van der Waals surface area contributed by atoms with Crippen LogP contribution in [0.1, 0.15) is 59.8 Å². The van der Waals surface area contributed by atoms with Gasteiger partial charge in [-0.3, -0.25) is 4.90 Å². The summed E-state index contributed by atoms with van der Waals surface area (Å²) < 4.78 is 0.541. The van der Waals surface area contributed by atoms with Gasteiger partial charge in [-0.25, -0.2) is 0 Å². The van der Waals surface area contributed by atoms with E-state index in [0.717, 1.165) is 12.5 Å². The van der Waals surface area contributed by atoms with Gasteiger partial charge in [0.05, 0.1) is 0 Å². The molecule has 2 fully saturated rings. The molecule has 2 aliphatic rings. The minimum Gasteiger partial charge on any atom is -0.309 e. The molecule has 1 aliphatic carbocycles. The molecule has 0 amide bonds. The summed E-state index contributed by atoms with van der Waals surface area (Å²) in [5.41, 5.74) is 0.309. The van der Waals surface area contributed by atoms with Crippen LogP contribution in [0.25, 0.3) is 0 Å². The van der Waals surface area contributed by atoms with Crippen molar-refractivity contribution < 1.29 is 0 Å². The normalized spacial score (nSPS) is 34.8. The Labute approximate surface area is 130 Å². The van der Waals surface area contributed by atoms with Crippen LogP contribution in [0.3, 0.4) is 0 Å². The third kappa shape index (κ3) is 3.53. The summed E-state index contributed by atoms with van der Waals surface area (Å²) in [5.74, 6) is 0.740. The highest BCUT2D eigenvalue weighted by atomic mass is 32.2. The highest BCUT2D eigenvalue weighted by Crippen LogP contribution is 2.42. The van der Waals surface area contributed by atoms with E-state index >= 15 is 0 Å². The summed E-state index contributed by atoms with van der Waals surface area (Å²) in [4.78, 5) is 2.83. The van der Waals surface area contributed by atoms with Crippen molar-refractivity contribution in [3.05, 3.63) is 0 Å². The van der Waals surface area contributed by atoms with Gasteiger partial charge in [0.2, 0.25) is 0 Å². The molecule has 1 heterocycles. The topological polar surface area (TPSA) is 15.3 Å². The quantitative estimate of drug-likeness (QED) is 0.832. The number of hydrogen-bond acceptors (Lipinski definition) is 3. The molecular formula is C17H34N2S. The third-order valence-corrected chi connectivity index (χ3v) is 7.15. The average Bonchev–Trinajstić information content (AvgIpc) is 2.88. The van der Waals surface area contributed by atoms with E-state index in [1.54, 1.807) is 0 Å². The first-order valence-electron chi connectivity index (χ1n) is 8.48. The lowest BCUT2D eigenvalue weighted by atomic mass is 9.88. The molecule has 2 rings (SSSR count). The van der Waals surface area contributed by atoms with E-state index < -0.39 is 0 Å². The molecule has 1 saturated heterocycles. The van der Waals surface area contributed by atoms with Crippen LogP contribution < -0.4 is 5.32 Å². The fourth-order valence-electron chi connectivity index (χ4n) is 3.99. The predicted octanol–water partition coefficient (Wildman–Crippen LogP) is 3.76. The maximum absolute atomic E-state index is 3.81. The van der Waals surface area contributed by atoms with Crippen molar-refractivity contribution in [2.24, 2.45) is 5.92 Å². The van der Waals surface area contributed by atoms with Gasteiger partial charge >= 0.3 is 0 Å². The SMILES string of the molecule is CCC1(C)CN(CC2(SC)CCCC2)C(C(C)C)CN1. The molecule has 0 bridgehead atoms. The molecule has 20 heavy (non-hydrogen) atoms. The van der Waals surface area contributed by atoms with E-state index in [4.69, 9.17) is 0 Å². The first-order valence-corrected chi connectivity index (χ1v) is 9.70. The van der Waals surface area contributed by atoms with Crippen molar-refractivity contribution in [3.63, 3.8) is 0 Å². The second kappa shape index (κ2) is 6.58. The van der Waals surface area contributed by atoms with Gasteiger partial charge in [-0.15, -0.1) is 0 Å². The highest BCUT2D eigenvalue weighted by molar-refractivity contribution is 8.00. The lowest BCUT2D eigenvalue weighted by Crippen LogP contribution is -2.65. The third-order valence-electron chi connectivity index (χ3n) is 5.75. The molecule has 0 radical (unpaired) electrons. The Morgan fingerprint density at radius 1 is 1.30 bits per heavy atom. The Morgan fingerprint density at radius 3 is 2.45 bits per heavy atom. The number of nitrogens with one attached hydrogen (secondary N) is 1. The fourth-order valence-corrected chi connectivity index (χ4v) is 4.98. The number of hydrogen-bond donors (Lipinski definition) is 1. The van der Waals surface area contributed by atoms with E-state index in [-0.39, 0.29) is 0 Å². The Hall–Kier alpha value is 0.270. The van der Waals surface area contributed by atoms with Crippen LogP contribution in [0.4, 0.5) is 0 Å². The number of piperazine rings is 1. The second-order valence-electron chi connectivity index (χ2n) is 7.61. The van der Waals surface area contributed by atoms with Crippen LogP contribution in [0.5, 0.6) is 0 Å². The molecule has 0 spiro atoms. The molecule has 2 nitrogen and oxygen atoms in total. The molecular weight excluding hydrogens is 264 g/mol. The maximum Gasteiger partial charge on any atom is 0.0284 e. The smallest absolute Gasteiger partial charge is 0.0284 e. The first kappa shape index (κ1) is 16.6. The van der Waals surface area contributed by atoms with Gasteiger partial charge in [0.15, 0.2) is 0 Å². The van der Waals surface area contributed by atoms with Crippen LogP contribution >= 0.6 is 11.8 Å². The Morgan fingerprint density at radius 2 is 1.95 bits per heavy atom. The summed E-state index contributed by atoms with van der Waals surface area (Å²) in [7, 11) is 0. The molecule has 2 atom stereocenters. The molecule has 1 N–H and O–H groups in total. The van der Waals surface area contributed by atoms with E-state index in [9.17, 15) is 0 Å². The zero-order chi connectivity index (χ0) is 14.8. The van der Waals surface area contributed by atoms with E-state index in [0.29, 0.717) is 16.3 Å². The molecule has 118 valence electrons. The van der Waals surface area contributed by atoms with Crippen LogP contribution in [0.15, 0.2) is 0 Å². The van der Waals surface area contributed by atoms with E-state index in [2.05, 4.69) is 55.9 Å². The largest absolute Gasteiger partial charge is 0.309 e. The van der Waals surface area contributed by atoms with Gasteiger partial charge in [-0.05, 0) is 38.4 Å². The Balaban J connectivity index is 2.10. The Kier molecular flexibility index (Phi) is 5.47. The van der Waals surface area contributed by atoms with Crippen LogP contribution in [-0.2, 0) is 0 Å². The van der Waals surface area contributed by atoms with Crippen molar-refractivity contribution in [1.29, 1.82) is 0 Å². The van der Waals surface area contributed by atoms with E-state index in [1.807, 2.05) is 0 Å². The van der Waals surface area contributed by atoms with Gasteiger partial charge in [-0.2, -0.15) is 11.8 Å². The molecule has 3 heteroatoms. The van der Waals surface area contributed by atoms with Gasteiger partial charge in [0, 0.05) is 36.0 Å². The van der Waals surface area contributed by atoms with Crippen molar-refractivity contribution >= 4 is 11.8 Å². The van der Waals surface area contributed by atoms with Crippen LogP contribution in [0, 0.1) is 5.92 Å². The second-order valence-corrected chi connectivity index (χ2v) is 8.88. The minimum absolute atomic E-state index is 0.309. The number of nitrogens with zero attached hydrogens (tertiary/aromatic N) is 1. The summed E-state index contributed by atoms with van der Waals surface area (Å²) in [6.07, 6.45) is 9.27. The lowest BCUT2D eigenvalue weighted by Gasteiger charge is -2.50. The highest BCUT2D eigenvalue weighted by Gasteiger charge is 2.41. The van der Waals surface area contributed by atoms with Crippen LogP contribution in [0.2, 0.25) is 0 Å². The van der Waals surface area contributed by atoms with Crippen molar-refractivity contribution in [2.75, 3.05) is 25.9 Å². The number of thioether (sulfide) groups is 1. The zero-order valence-electron chi connectivity index (χ0n) is 14.2. The lowest BCUT2D eigenvalue weighted by molar-refractivity contribution is 0.0524. The molecule has 2 unspecified atom stereocenters. The van der Waals surface area contributed by atoms with Crippen molar-refractivity contribution in [2.45, 2.75) is 76.1 Å². The molecule has 0 aromatic rings. The van der Waals surface area contributed by atoms with Gasteiger partial charge in [0.25, 0.3) is 0 Å². The first-order chi connectivity index (χ1) is 9.44. The fraction of sp³-hybridized carbons (Fsp3) is 1.00. The maximum atomic E-state index is 3.81. The van der Waals surface area contributed by atoms with Gasteiger partial charge in [0.1, 0.15) is 0 Å². The van der Waals surface area contributed by atoms with Crippen molar-refractivity contribution in [1.82, 2.24) is 10.2 Å². The van der Waals surface area contributed by atoms with Crippen molar-refractivity contribution in [3.8, 4) is 0 Å². The zero-order valence-corrected chi connectivity index (χ0v) is 15.0. The summed E-state index contributed by atoms with van der Waals surface area (Å²) >= 11 is 2.13. The molecule has 0 aromatic heterocycles. The van der Waals surface area contributed by atoms with E-state index in [1.165, 1.54) is 45.2 Å². The molecule has 1 saturated carbocycles.